The lowest BCUT2D eigenvalue weighted by Crippen LogP contribution is -2.48. The number of H-pyrrole nitrogens is 1. The van der Waals surface area contributed by atoms with E-state index in [1.165, 1.54) is 53.4 Å². The lowest BCUT2D eigenvalue weighted by molar-refractivity contribution is 0.0703. The zero-order chi connectivity index (χ0) is 21.3. The van der Waals surface area contributed by atoms with Crippen molar-refractivity contribution in [2.75, 3.05) is 14.1 Å². The molecule has 0 saturated heterocycles. The summed E-state index contributed by atoms with van der Waals surface area (Å²) in [5, 5.41) is 9.51. The second-order valence-corrected chi connectivity index (χ2v) is 8.96. The van der Waals surface area contributed by atoms with E-state index in [0.29, 0.717) is 5.92 Å². The second-order valence-electron chi connectivity index (χ2n) is 8.96. The third-order valence-electron chi connectivity index (χ3n) is 7.21. The lowest BCUT2D eigenvalue weighted by Gasteiger charge is -2.49. The molecule has 0 amide bonds. The van der Waals surface area contributed by atoms with Crippen LogP contribution in [0.1, 0.15) is 48.4 Å². The van der Waals surface area contributed by atoms with E-state index < -0.39 is 0 Å². The van der Waals surface area contributed by atoms with Gasteiger partial charge in [-0.25, -0.2) is 0 Å². The average Bonchev–Trinajstić information content (AvgIpc) is 3.45. The summed E-state index contributed by atoms with van der Waals surface area (Å²) in [5.41, 5.74) is 5.48. The van der Waals surface area contributed by atoms with E-state index in [-0.39, 0.29) is 5.54 Å². The fraction of sp³-hybridized carbons (Fsp3) is 0.385. The standard InChI is InChI=1S/C26H31N5/c1-30(2)26(20-10-4-3-5-11-20)16-9-8-13-23(26)25-22(15-18-31-19-17-27-29-31)21-12-6-7-14-24(21)28-25/h3-7,10-12,14,17,19,23,28H,8-9,13,15-16,18H2,1-2H3. The highest BCUT2D eigenvalue weighted by Crippen LogP contribution is 2.51. The summed E-state index contributed by atoms with van der Waals surface area (Å²) < 4.78 is 1.93. The van der Waals surface area contributed by atoms with Gasteiger partial charge in [0.15, 0.2) is 0 Å². The van der Waals surface area contributed by atoms with Crippen LogP contribution in [-0.4, -0.2) is 39.0 Å². The molecule has 0 aliphatic heterocycles. The minimum atomic E-state index is -0.0115. The van der Waals surface area contributed by atoms with Crippen LogP contribution in [0.5, 0.6) is 0 Å². The third-order valence-corrected chi connectivity index (χ3v) is 7.21. The van der Waals surface area contributed by atoms with E-state index in [1.807, 2.05) is 10.9 Å². The van der Waals surface area contributed by atoms with Crippen molar-refractivity contribution >= 4 is 10.9 Å². The number of para-hydroxylation sites is 1. The summed E-state index contributed by atoms with van der Waals surface area (Å²) in [4.78, 5) is 6.34. The van der Waals surface area contributed by atoms with Gasteiger partial charge in [0.1, 0.15) is 0 Å². The minimum Gasteiger partial charge on any atom is -0.358 e. The van der Waals surface area contributed by atoms with Gasteiger partial charge in [0, 0.05) is 35.3 Å². The monoisotopic (exact) mass is 413 g/mol. The van der Waals surface area contributed by atoms with Crippen molar-refractivity contribution in [1.29, 1.82) is 0 Å². The Balaban J connectivity index is 1.65. The largest absolute Gasteiger partial charge is 0.358 e. The first-order valence-electron chi connectivity index (χ1n) is 11.4. The number of rotatable bonds is 6. The van der Waals surface area contributed by atoms with Crippen LogP contribution in [0.25, 0.3) is 10.9 Å². The summed E-state index contributed by atoms with van der Waals surface area (Å²) in [6.45, 7) is 0.835. The molecule has 2 aromatic carbocycles. The van der Waals surface area contributed by atoms with Crippen molar-refractivity contribution in [3.8, 4) is 0 Å². The van der Waals surface area contributed by atoms with Crippen LogP contribution >= 0.6 is 0 Å². The molecule has 5 nitrogen and oxygen atoms in total. The van der Waals surface area contributed by atoms with Gasteiger partial charge in [0.2, 0.25) is 0 Å². The van der Waals surface area contributed by atoms with Crippen LogP contribution in [0.3, 0.4) is 0 Å². The average molecular weight is 414 g/mol. The number of benzene rings is 2. The Bertz CT molecular complexity index is 1130. The van der Waals surface area contributed by atoms with Crippen LogP contribution in [0, 0.1) is 0 Å². The normalized spacial score (nSPS) is 21.7. The molecule has 5 heteroatoms. The predicted octanol–water partition coefficient (Wildman–Crippen LogP) is 5.12. The molecule has 4 aromatic rings. The van der Waals surface area contributed by atoms with Gasteiger partial charge >= 0.3 is 0 Å². The Morgan fingerprint density at radius 1 is 1.06 bits per heavy atom. The van der Waals surface area contributed by atoms with Crippen LogP contribution in [0.15, 0.2) is 67.0 Å². The van der Waals surface area contributed by atoms with Crippen LogP contribution < -0.4 is 0 Å². The summed E-state index contributed by atoms with van der Waals surface area (Å²) in [7, 11) is 4.51. The van der Waals surface area contributed by atoms with Crippen molar-refractivity contribution in [1.82, 2.24) is 24.9 Å². The third kappa shape index (κ3) is 3.47. The van der Waals surface area contributed by atoms with Gasteiger partial charge < -0.3 is 4.98 Å². The summed E-state index contributed by atoms with van der Waals surface area (Å²) in [6.07, 6.45) is 9.54. The van der Waals surface area contributed by atoms with Gasteiger partial charge in [-0.05, 0) is 50.6 Å². The summed E-state index contributed by atoms with van der Waals surface area (Å²) in [5.74, 6) is 0.414. The molecule has 2 unspecified atom stereocenters. The Kier molecular flexibility index (Phi) is 5.36. The van der Waals surface area contributed by atoms with Crippen molar-refractivity contribution < 1.29 is 0 Å². The number of hydrogen-bond donors (Lipinski definition) is 1. The fourth-order valence-electron chi connectivity index (χ4n) is 5.77. The molecule has 5 rings (SSSR count). The topological polar surface area (TPSA) is 49.7 Å². The quantitative estimate of drug-likeness (QED) is 0.477. The zero-order valence-corrected chi connectivity index (χ0v) is 18.5. The highest BCUT2D eigenvalue weighted by Gasteiger charge is 2.46. The maximum atomic E-state index is 4.19. The Morgan fingerprint density at radius 2 is 1.87 bits per heavy atom. The first-order chi connectivity index (χ1) is 15.2. The molecular weight excluding hydrogens is 382 g/mol. The second kappa shape index (κ2) is 8.31. The lowest BCUT2D eigenvalue weighted by atomic mass is 9.66. The van der Waals surface area contributed by atoms with E-state index in [0.717, 1.165) is 13.0 Å². The number of hydrogen-bond acceptors (Lipinski definition) is 3. The smallest absolute Gasteiger partial charge is 0.0692 e. The number of aromatic nitrogens is 4. The molecule has 2 atom stereocenters. The van der Waals surface area contributed by atoms with Crippen molar-refractivity contribution in [2.24, 2.45) is 0 Å². The van der Waals surface area contributed by atoms with E-state index in [4.69, 9.17) is 0 Å². The van der Waals surface area contributed by atoms with Crippen molar-refractivity contribution in [2.45, 2.75) is 50.1 Å². The van der Waals surface area contributed by atoms with E-state index >= 15 is 0 Å². The molecule has 31 heavy (non-hydrogen) atoms. The van der Waals surface area contributed by atoms with Gasteiger partial charge in [-0.15, -0.1) is 5.10 Å². The minimum absolute atomic E-state index is 0.0115. The number of aromatic amines is 1. The molecule has 0 bridgehead atoms. The highest BCUT2D eigenvalue weighted by molar-refractivity contribution is 5.85. The molecule has 1 fully saturated rings. The van der Waals surface area contributed by atoms with E-state index in [2.05, 4.69) is 88.9 Å². The highest BCUT2D eigenvalue weighted by atomic mass is 15.4. The summed E-state index contributed by atoms with van der Waals surface area (Å²) in [6, 6.07) is 19.9. The van der Waals surface area contributed by atoms with Gasteiger partial charge in [0.05, 0.1) is 11.7 Å². The van der Waals surface area contributed by atoms with Gasteiger partial charge in [-0.1, -0.05) is 66.6 Å². The number of fused-ring (bicyclic) bond motifs is 1. The molecule has 1 aliphatic rings. The van der Waals surface area contributed by atoms with E-state index in [9.17, 15) is 0 Å². The molecule has 1 aliphatic carbocycles. The molecule has 1 N–H and O–H groups in total. The van der Waals surface area contributed by atoms with Crippen molar-refractivity contribution in [3.05, 3.63) is 83.8 Å². The van der Waals surface area contributed by atoms with Crippen LogP contribution in [0.4, 0.5) is 0 Å². The Morgan fingerprint density at radius 3 is 2.65 bits per heavy atom. The molecule has 2 heterocycles. The molecule has 0 spiro atoms. The fourth-order valence-corrected chi connectivity index (χ4v) is 5.77. The van der Waals surface area contributed by atoms with Crippen LogP contribution in [0.2, 0.25) is 0 Å². The number of aryl methyl sites for hydroxylation is 2. The maximum absolute atomic E-state index is 4.19. The maximum Gasteiger partial charge on any atom is 0.0692 e. The molecular formula is C26H31N5. The number of nitrogens with zero attached hydrogens (tertiary/aromatic N) is 4. The van der Waals surface area contributed by atoms with Gasteiger partial charge in [-0.2, -0.15) is 0 Å². The van der Waals surface area contributed by atoms with Crippen molar-refractivity contribution in [3.63, 3.8) is 0 Å². The first-order valence-corrected chi connectivity index (χ1v) is 11.4. The van der Waals surface area contributed by atoms with E-state index in [1.54, 1.807) is 6.20 Å². The van der Waals surface area contributed by atoms with Gasteiger partial charge in [0.25, 0.3) is 0 Å². The Hall–Kier alpha value is -2.92. The SMILES string of the molecule is CN(C)C1(c2ccccc2)CCCCC1c1[nH]c2ccccc2c1CCn1ccnn1. The number of nitrogens with one attached hydrogen (secondary N) is 1. The summed E-state index contributed by atoms with van der Waals surface area (Å²) >= 11 is 0. The first kappa shape index (κ1) is 20.0. The molecule has 1 saturated carbocycles. The van der Waals surface area contributed by atoms with Crippen LogP contribution in [-0.2, 0) is 18.5 Å². The molecule has 2 aromatic heterocycles. The van der Waals surface area contributed by atoms with Gasteiger partial charge in [-0.3, -0.25) is 9.58 Å². The predicted molar refractivity (Wildman–Crippen MR) is 125 cm³/mol. The zero-order valence-electron chi connectivity index (χ0n) is 18.5. The molecule has 0 radical (unpaired) electrons. The Labute approximate surface area is 184 Å². The molecule has 160 valence electrons. The number of likely N-dealkylation sites (N-methyl/N-ethyl adjacent to an activating group) is 1.